The summed E-state index contributed by atoms with van der Waals surface area (Å²) in [5.74, 6) is 5.85. The van der Waals surface area contributed by atoms with Crippen molar-refractivity contribution in [3.05, 3.63) is 12.2 Å². The number of hydrogen-bond acceptors (Lipinski definition) is 1. The molecule has 0 amide bonds. The molecular weight excluding hydrogens is 112 g/mol. The van der Waals surface area contributed by atoms with Crippen LogP contribution in [0.15, 0.2) is 12.2 Å². The predicted octanol–water partition coefficient (Wildman–Crippen LogP) is 1.34. The second-order valence-corrected chi connectivity index (χ2v) is 1.57. The van der Waals surface area contributed by atoms with Crippen LogP contribution in [-0.4, -0.2) is 11.7 Å². The Morgan fingerprint density at radius 2 is 2.11 bits per heavy atom. The van der Waals surface area contributed by atoms with Gasteiger partial charge in [0.15, 0.2) is 0 Å². The zero-order valence-corrected chi connectivity index (χ0v) is 5.72. The number of hydrogen-bond donors (Lipinski definition) is 1. The highest BCUT2D eigenvalue weighted by Gasteiger charge is 1.66. The molecule has 0 spiro atoms. The van der Waals surface area contributed by atoms with Gasteiger partial charge < -0.3 is 5.11 Å². The lowest BCUT2D eigenvalue weighted by molar-refractivity contribution is 0.342. The van der Waals surface area contributed by atoms with E-state index in [9.17, 15) is 0 Å². The van der Waals surface area contributed by atoms with E-state index < -0.39 is 0 Å². The zero-order valence-electron chi connectivity index (χ0n) is 5.72. The Morgan fingerprint density at radius 3 is 2.67 bits per heavy atom. The van der Waals surface area contributed by atoms with Gasteiger partial charge in [-0.1, -0.05) is 25.0 Å². The van der Waals surface area contributed by atoms with Gasteiger partial charge in [-0.3, -0.25) is 0 Å². The number of aliphatic hydroxyl groups excluding tert-OH is 1. The van der Waals surface area contributed by atoms with E-state index in [0.717, 1.165) is 12.8 Å². The largest absolute Gasteiger partial charge is 0.392 e. The molecule has 0 bridgehead atoms. The minimum absolute atomic E-state index is 0.119. The Kier molecular flexibility index (Phi) is 6.66. The summed E-state index contributed by atoms with van der Waals surface area (Å²) >= 11 is 0. The first-order valence-corrected chi connectivity index (χ1v) is 3.13. The molecule has 0 aliphatic heterocycles. The average molecular weight is 124 g/mol. The summed E-state index contributed by atoms with van der Waals surface area (Å²) in [6.07, 6.45) is 5.23. The molecule has 1 heteroatoms. The van der Waals surface area contributed by atoms with Gasteiger partial charge in [0.1, 0.15) is 0 Å². The molecule has 1 N–H and O–H groups in total. The van der Waals surface area contributed by atoms with E-state index in [4.69, 9.17) is 5.11 Å². The van der Waals surface area contributed by atoms with Gasteiger partial charge >= 0.3 is 0 Å². The molecule has 0 fully saturated rings. The maximum Gasteiger partial charge on any atom is 0.0612 e. The minimum Gasteiger partial charge on any atom is -0.392 e. The fourth-order valence-corrected chi connectivity index (χ4v) is 0.414. The summed E-state index contributed by atoms with van der Waals surface area (Å²) in [6, 6.07) is 0. The van der Waals surface area contributed by atoms with Gasteiger partial charge in [0.25, 0.3) is 0 Å². The Balaban J connectivity index is 3.18. The summed E-state index contributed by atoms with van der Waals surface area (Å²) in [4.78, 5) is 0. The van der Waals surface area contributed by atoms with Gasteiger partial charge in [-0.15, -0.1) is 5.92 Å². The van der Waals surface area contributed by atoms with Crippen LogP contribution in [-0.2, 0) is 0 Å². The van der Waals surface area contributed by atoms with Crippen molar-refractivity contribution < 1.29 is 5.11 Å². The molecule has 0 saturated heterocycles. The monoisotopic (exact) mass is 124 g/mol. The highest BCUT2D eigenvalue weighted by Crippen LogP contribution is 1.79. The molecular formula is C8H12O. The Bertz CT molecular complexity index is 125. The minimum atomic E-state index is 0.119. The molecule has 0 aromatic carbocycles. The third kappa shape index (κ3) is 7.26. The van der Waals surface area contributed by atoms with Crippen LogP contribution in [0.2, 0.25) is 0 Å². The first-order valence-electron chi connectivity index (χ1n) is 3.13. The Hall–Kier alpha value is -0.740. The number of aliphatic hydroxyl groups is 1. The van der Waals surface area contributed by atoms with Crippen LogP contribution in [0.5, 0.6) is 0 Å². The topological polar surface area (TPSA) is 20.2 Å². The lowest BCUT2D eigenvalue weighted by Gasteiger charge is -1.75. The fraction of sp³-hybridized carbons (Fsp3) is 0.500. The highest BCUT2D eigenvalue weighted by atomic mass is 16.2. The van der Waals surface area contributed by atoms with Gasteiger partial charge in [0.2, 0.25) is 0 Å². The molecule has 0 atom stereocenters. The lowest BCUT2D eigenvalue weighted by atomic mass is 10.3. The van der Waals surface area contributed by atoms with E-state index in [1.165, 1.54) is 0 Å². The number of allylic oxidation sites excluding steroid dienone is 1. The van der Waals surface area contributed by atoms with Gasteiger partial charge in [-0.25, -0.2) is 0 Å². The first kappa shape index (κ1) is 8.26. The van der Waals surface area contributed by atoms with Crippen molar-refractivity contribution in [1.29, 1.82) is 0 Å². The SMILES string of the molecule is CCC#CCC=CCO. The average Bonchev–Trinajstić information content (AvgIpc) is 1.89. The molecule has 0 aliphatic carbocycles. The van der Waals surface area contributed by atoms with Crippen LogP contribution in [0.1, 0.15) is 19.8 Å². The smallest absolute Gasteiger partial charge is 0.0612 e. The van der Waals surface area contributed by atoms with Crippen molar-refractivity contribution in [2.45, 2.75) is 19.8 Å². The Labute approximate surface area is 56.4 Å². The second-order valence-electron chi connectivity index (χ2n) is 1.57. The third-order valence-electron chi connectivity index (χ3n) is 0.794. The lowest BCUT2D eigenvalue weighted by Crippen LogP contribution is -1.69. The Morgan fingerprint density at radius 1 is 1.33 bits per heavy atom. The zero-order chi connectivity index (χ0) is 6.95. The van der Waals surface area contributed by atoms with E-state index in [0.29, 0.717) is 0 Å². The van der Waals surface area contributed by atoms with Crippen LogP contribution in [0.4, 0.5) is 0 Å². The van der Waals surface area contributed by atoms with Crippen molar-refractivity contribution >= 4 is 0 Å². The summed E-state index contributed by atoms with van der Waals surface area (Å²) in [5, 5.41) is 8.29. The molecule has 0 aromatic rings. The summed E-state index contributed by atoms with van der Waals surface area (Å²) in [7, 11) is 0. The molecule has 0 rings (SSSR count). The van der Waals surface area contributed by atoms with Crippen molar-refractivity contribution in [2.75, 3.05) is 6.61 Å². The maximum atomic E-state index is 8.29. The molecule has 9 heavy (non-hydrogen) atoms. The van der Waals surface area contributed by atoms with Crippen molar-refractivity contribution in [3.8, 4) is 11.8 Å². The van der Waals surface area contributed by atoms with E-state index in [1.54, 1.807) is 6.08 Å². The summed E-state index contributed by atoms with van der Waals surface area (Å²) in [5.41, 5.74) is 0. The molecule has 0 heterocycles. The van der Waals surface area contributed by atoms with E-state index in [1.807, 2.05) is 13.0 Å². The van der Waals surface area contributed by atoms with E-state index in [-0.39, 0.29) is 6.61 Å². The van der Waals surface area contributed by atoms with E-state index in [2.05, 4.69) is 11.8 Å². The first-order chi connectivity index (χ1) is 4.41. The van der Waals surface area contributed by atoms with Gasteiger partial charge in [-0.05, 0) is 0 Å². The van der Waals surface area contributed by atoms with Gasteiger partial charge in [0, 0.05) is 12.8 Å². The molecule has 1 nitrogen and oxygen atoms in total. The van der Waals surface area contributed by atoms with Crippen LogP contribution in [0.25, 0.3) is 0 Å². The molecule has 50 valence electrons. The molecule has 0 aliphatic rings. The van der Waals surface area contributed by atoms with Crippen molar-refractivity contribution in [3.63, 3.8) is 0 Å². The number of rotatable bonds is 2. The second kappa shape index (κ2) is 7.26. The highest BCUT2D eigenvalue weighted by molar-refractivity contribution is 5.03. The quantitative estimate of drug-likeness (QED) is 0.435. The molecule has 0 unspecified atom stereocenters. The van der Waals surface area contributed by atoms with Crippen LogP contribution in [0.3, 0.4) is 0 Å². The maximum absolute atomic E-state index is 8.29. The van der Waals surface area contributed by atoms with Crippen LogP contribution >= 0.6 is 0 Å². The predicted molar refractivity (Wildman–Crippen MR) is 38.9 cm³/mol. The normalized spacial score (nSPS) is 9.11. The van der Waals surface area contributed by atoms with Crippen molar-refractivity contribution in [2.24, 2.45) is 0 Å². The van der Waals surface area contributed by atoms with Gasteiger partial charge in [-0.2, -0.15) is 0 Å². The van der Waals surface area contributed by atoms with Gasteiger partial charge in [0.05, 0.1) is 6.61 Å². The van der Waals surface area contributed by atoms with E-state index >= 15 is 0 Å². The van der Waals surface area contributed by atoms with Crippen LogP contribution < -0.4 is 0 Å². The third-order valence-corrected chi connectivity index (χ3v) is 0.794. The molecule has 0 radical (unpaired) electrons. The van der Waals surface area contributed by atoms with Crippen LogP contribution in [0, 0.1) is 11.8 Å². The molecule has 0 saturated carbocycles. The summed E-state index contributed by atoms with van der Waals surface area (Å²) < 4.78 is 0. The standard InChI is InChI=1S/C8H12O/c1-2-3-4-5-6-7-8-9/h6-7,9H,2,5,8H2,1H3. The molecule has 0 aromatic heterocycles. The summed E-state index contributed by atoms with van der Waals surface area (Å²) in [6.45, 7) is 2.14. The van der Waals surface area contributed by atoms with Crippen molar-refractivity contribution in [1.82, 2.24) is 0 Å². The fourth-order valence-electron chi connectivity index (χ4n) is 0.414.